The van der Waals surface area contributed by atoms with Gasteiger partial charge < -0.3 is 9.55 Å². The molecule has 1 N–H and O–H groups in total. The predicted molar refractivity (Wildman–Crippen MR) is 178 cm³/mol. The van der Waals surface area contributed by atoms with Crippen LogP contribution in [0.2, 0.25) is 5.02 Å². The van der Waals surface area contributed by atoms with Crippen LogP contribution in [0.4, 0.5) is 0 Å². The van der Waals surface area contributed by atoms with Crippen LogP contribution in [-0.2, 0) is 25.8 Å². The lowest BCUT2D eigenvalue weighted by molar-refractivity contribution is 0.821. The number of rotatable bonds is 8. The van der Waals surface area contributed by atoms with Crippen molar-refractivity contribution in [2.75, 3.05) is 0 Å². The van der Waals surface area contributed by atoms with Crippen molar-refractivity contribution in [3.63, 3.8) is 0 Å². The van der Waals surface area contributed by atoms with Gasteiger partial charge in [0, 0.05) is 28.7 Å². The van der Waals surface area contributed by atoms with E-state index in [1.807, 2.05) is 0 Å². The third kappa shape index (κ3) is 4.69. The van der Waals surface area contributed by atoms with Gasteiger partial charge >= 0.3 is 0 Å². The Kier molecular flexibility index (Phi) is 8.61. The van der Waals surface area contributed by atoms with E-state index in [9.17, 15) is 0 Å². The van der Waals surface area contributed by atoms with Crippen molar-refractivity contribution in [2.24, 2.45) is 0 Å². The quantitative estimate of drug-likeness (QED) is 0.294. The van der Waals surface area contributed by atoms with E-state index in [0.717, 1.165) is 95.8 Å². The topological polar surface area (TPSA) is 46.5 Å². The van der Waals surface area contributed by atoms with Gasteiger partial charge in [-0.2, -0.15) is 0 Å². The summed E-state index contributed by atoms with van der Waals surface area (Å²) in [5, 5.41) is 0.778. The number of nitrogens with one attached hydrogen (secondary N) is 1. The number of aromatic amines is 1. The van der Waals surface area contributed by atoms with Crippen LogP contribution < -0.4 is 0 Å². The summed E-state index contributed by atoms with van der Waals surface area (Å²) in [5.41, 5.74) is 18.0. The molecule has 2 aliphatic heterocycles. The molecular formula is C36H45ClN4. The second-order valence-electron chi connectivity index (χ2n) is 10.9. The number of hydrogen-bond donors (Lipinski definition) is 1. The molecule has 8 bridgehead atoms. The minimum absolute atomic E-state index is 0.778. The summed E-state index contributed by atoms with van der Waals surface area (Å²) in [5.74, 6) is 0. The van der Waals surface area contributed by atoms with Crippen LogP contribution in [0.3, 0.4) is 0 Å². The lowest BCUT2D eigenvalue weighted by Crippen LogP contribution is -1.98. The summed E-state index contributed by atoms with van der Waals surface area (Å²) in [4.78, 5) is 14.5. The van der Waals surface area contributed by atoms with Crippen LogP contribution >= 0.6 is 11.6 Å². The molecule has 216 valence electrons. The molecule has 2 aliphatic rings. The van der Waals surface area contributed by atoms with Crippen molar-refractivity contribution in [1.29, 1.82) is 0 Å². The van der Waals surface area contributed by atoms with Crippen molar-refractivity contribution in [1.82, 2.24) is 19.5 Å². The Morgan fingerprint density at radius 2 is 1.15 bits per heavy atom. The zero-order valence-corrected chi connectivity index (χ0v) is 26.9. The highest BCUT2D eigenvalue weighted by molar-refractivity contribution is 6.36. The number of fused-ring (bicyclic) bond motifs is 8. The maximum absolute atomic E-state index is 7.54. The van der Waals surface area contributed by atoms with Crippen LogP contribution in [0.5, 0.6) is 0 Å². The van der Waals surface area contributed by atoms with Gasteiger partial charge in [-0.3, -0.25) is 0 Å². The molecule has 0 saturated carbocycles. The second-order valence-corrected chi connectivity index (χ2v) is 11.3. The molecule has 0 fully saturated rings. The largest absolute Gasteiger partial charge is 0.355 e. The lowest BCUT2D eigenvalue weighted by Gasteiger charge is -2.10. The number of halogens is 1. The molecule has 41 heavy (non-hydrogen) atoms. The normalized spacial score (nSPS) is 13.6. The van der Waals surface area contributed by atoms with E-state index < -0.39 is 0 Å². The maximum Gasteiger partial charge on any atom is 0.0905 e. The Morgan fingerprint density at radius 3 is 1.71 bits per heavy atom. The van der Waals surface area contributed by atoms with E-state index in [1.165, 1.54) is 44.5 Å². The van der Waals surface area contributed by atoms with Crippen LogP contribution in [0.15, 0.2) is 24.3 Å². The van der Waals surface area contributed by atoms with E-state index in [-0.39, 0.29) is 0 Å². The van der Waals surface area contributed by atoms with E-state index in [4.69, 9.17) is 21.6 Å². The van der Waals surface area contributed by atoms with Crippen molar-refractivity contribution in [3.8, 4) is 0 Å². The van der Waals surface area contributed by atoms with Crippen LogP contribution in [0, 0.1) is 0 Å². The van der Waals surface area contributed by atoms with Crippen LogP contribution in [0.1, 0.15) is 121 Å². The SMILES string of the molecule is CCC1=C(CC)c2nc1cc1ccc(cc3c(CC)c(CC)c(c(Cl)c4nc(c2CC)C(CC)=C4CC)n3CC)[nH]1. The Morgan fingerprint density at radius 1 is 0.610 bits per heavy atom. The zero-order chi connectivity index (χ0) is 29.4. The molecule has 5 heterocycles. The summed E-state index contributed by atoms with van der Waals surface area (Å²) < 4.78 is 2.41. The molecule has 0 atom stereocenters. The second kappa shape index (κ2) is 12.0. The van der Waals surface area contributed by atoms with Gasteiger partial charge in [-0.05, 0) is 110 Å². The first kappa shape index (κ1) is 29.4. The smallest absolute Gasteiger partial charge is 0.0905 e. The van der Waals surface area contributed by atoms with Gasteiger partial charge in [0.15, 0.2) is 0 Å². The average Bonchev–Trinajstić information content (AvgIpc) is 3.74. The molecule has 0 aromatic carbocycles. The van der Waals surface area contributed by atoms with Gasteiger partial charge in [-0.15, -0.1) is 0 Å². The van der Waals surface area contributed by atoms with Crippen molar-refractivity contribution < 1.29 is 0 Å². The Bertz CT molecular complexity index is 1730. The van der Waals surface area contributed by atoms with E-state index >= 15 is 0 Å². The summed E-state index contributed by atoms with van der Waals surface area (Å²) in [6.45, 7) is 18.8. The number of allylic oxidation sites excluding steroid dienone is 4. The lowest BCUT2D eigenvalue weighted by atomic mass is 9.93. The third-order valence-corrected chi connectivity index (χ3v) is 9.32. The van der Waals surface area contributed by atoms with Crippen molar-refractivity contribution in [2.45, 2.75) is 107 Å². The third-order valence-electron chi connectivity index (χ3n) is 8.97. The van der Waals surface area contributed by atoms with Crippen molar-refractivity contribution >= 4 is 56.0 Å². The van der Waals surface area contributed by atoms with Gasteiger partial charge in [-0.25, -0.2) is 9.97 Å². The highest BCUT2D eigenvalue weighted by atomic mass is 35.5. The molecule has 0 spiro atoms. The van der Waals surface area contributed by atoms with Gasteiger partial charge in [0.2, 0.25) is 0 Å². The Balaban J connectivity index is 2.12. The molecule has 5 rings (SSSR count). The number of hydrogen-bond acceptors (Lipinski definition) is 2. The molecule has 4 nitrogen and oxygen atoms in total. The van der Waals surface area contributed by atoms with E-state index in [0.29, 0.717) is 0 Å². The molecule has 0 saturated heterocycles. The highest BCUT2D eigenvalue weighted by Crippen LogP contribution is 2.44. The number of aryl methyl sites for hydroxylation is 3. The molecule has 3 aromatic heterocycles. The predicted octanol–water partition coefficient (Wildman–Crippen LogP) is 10.6. The standard InChI is InChI=1S/C36H45ClN4/c1-9-23-25(11-3)33-29(15-7)34-26(12-4)27(13-5)35(40-34)32(37)36-28(14-6)24(10-2)31(41(36)16-8)20-22-18-17-21(38-22)19-30(23)39-33/h17-20,38H,9-16H2,1-8H3. The first-order chi connectivity index (χ1) is 19.9. The average molecular weight is 569 g/mol. The molecule has 0 amide bonds. The maximum atomic E-state index is 7.54. The highest BCUT2D eigenvalue weighted by Gasteiger charge is 2.28. The fourth-order valence-electron chi connectivity index (χ4n) is 7.14. The monoisotopic (exact) mass is 568 g/mol. The molecule has 0 unspecified atom stereocenters. The van der Waals surface area contributed by atoms with Gasteiger partial charge in [0.05, 0.1) is 33.3 Å². The Hall–Kier alpha value is -3.11. The summed E-state index contributed by atoms with van der Waals surface area (Å²) in [7, 11) is 0. The summed E-state index contributed by atoms with van der Waals surface area (Å²) in [6.07, 6.45) is 6.45. The molecule has 3 aromatic rings. The van der Waals surface area contributed by atoms with Gasteiger partial charge in [0.25, 0.3) is 0 Å². The van der Waals surface area contributed by atoms with Gasteiger partial charge in [0.1, 0.15) is 0 Å². The van der Waals surface area contributed by atoms with Gasteiger partial charge in [-0.1, -0.05) is 60.1 Å². The summed E-state index contributed by atoms with van der Waals surface area (Å²) >= 11 is 7.54. The summed E-state index contributed by atoms with van der Waals surface area (Å²) in [6, 6.07) is 8.88. The molecule has 5 heteroatoms. The van der Waals surface area contributed by atoms with E-state index in [1.54, 1.807) is 0 Å². The first-order valence-electron chi connectivity index (χ1n) is 15.8. The number of nitrogens with zero attached hydrogens (tertiary/aromatic N) is 3. The minimum atomic E-state index is 0.778. The molecule has 0 radical (unpaired) electrons. The molecular weight excluding hydrogens is 524 g/mol. The van der Waals surface area contributed by atoms with Crippen LogP contribution in [0.25, 0.3) is 44.4 Å². The van der Waals surface area contributed by atoms with Crippen molar-refractivity contribution in [3.05, 3.63) is 68.8 Å². The number of aromatic nitrogens is 4. The number of H-pyrrole nitrogens is 1. The fourth-order valence-corrected chi connectivity index (χ4v) is 7.51. The fraction of sp³-hybridized carbons (Fsp3) is 0.444. The van der Waals surface area contributed by atoms with Crippen LogP contribution in [-0.4, -0.2) is 19.5 Å². The first-order valence-corrected chi connectivity index (χ1v) is 16.2. The Labute approximate surface area is 250 Å². The molecule has 0 aliphatic carbocycles. The van der Waals surface area contributed by atoms with E-state index in [2.05, 4.69) is 89.2 Å². The zero-order valence-electron chi connectivity index (χ0n) is 26.2. The minimum Gasteiger partial charge on any atom is -0.355 e.